The van der Waals surface area contributed by atoms with Gasteiger partial charge in [-0.2, -0.15) is 0 Å². The maximum atomic E-state index is 4.80. The summed E-state index contributed by atoms with van der Waals surface area (Å²) >= 11 is 5.11. The molecule has 3 heterocycles. The van der Waals surface area contributed by atoms with E-state index >= 15 is 0 Å². The average molecular weight is 367 g/mol. The third-order valence-corrected chi connectivity index (χ3v) is 5.12. The maximum absolute atomic E-state index is 4.80. The summed E-state index contributed by atoms with van der Waals surface area (Å²) in [4.78, 5) is 16.2. The topological polar surface area (TPSA) is 41.9 Å². The standard InChI is InChI=1S/C15H19BrN4S/c1-15(2,3)14-17-6-10-4-5-20(7-11(10)18-14)8-13-19-12(16)9-21-13/h6,9H,4-5,7-8H2,1-3H3. The number of fused-ring (bicyclic) bond motifs is 1. The fourth-order valence-corrected chi connectivity index (χ4v) is 3.71. The van der Waals surface area contributed by atoms with Gasteiger partial charge in [-0.1, -0.05) is 20.8 Å². The summed E-state index contributed by atoms with van der Waals surface area (Å²) in [6, 6.07) is 0. The van der Waals surface area contributed by atoms with Crippen LogP contribution in [-0.2, 0) is 24.9 Å². The Hall–Kier alpha value is -0.850. The molecule has 0 radical (unpaired) electrons. The van der Waals surface area contributed by atoms with E-state index in [1.807, 2.05) is 11.6 Å². The summed E-state index contributed by atoms with van der Waals surface area (Å²) < 4.78 is 0.928. The lowest BCUT2D eigenvalue weighted by Crippen LogP contribution is -2.32. The number of rotatable bonds is 2. The fourth-order valence-electron chi connectivity index (χ4n) is 2.41. The van der Waals surface area contributed by atoms with Crippen LogP contribution in [0, 0.1) is 0 Å². The molecule has 0 amide bonds. The van der Waals surface area contributed by atoms with Crippen LogP contribution in [0.2, 0.25) is 0 Å². The van der Waals surface area contributed by atoms with Crippen molar-refractivity contribution < 1.29 is 0 Å². The predicted octanol–water partition coefficient (Wildman–Crippen LogP) is 3.55. The monoisotopic (exact) mass is 366 g/mol. The van der Waals surface area contributed by atoms with E-state index in [-0.39, 0.29) is 5.41 Å². The van der Waals surface area contributed by atoms with Crippen LogP contribution >= 0.6 is 27.3 Å². The van der Waals surface area contributed by atoms with Gasteiger partial charge in [0.15, 0.2) is 0 Å². The minimum absolute atomic E-state index is 0.00250. The van der Waals surface area contributed by atoms with Gasteiger partial charge in [0.1, 0.15) is 15.4 Å². The third-order valence-electron chi connectivity index (χ3n) is 3.58. The molecule has 0 aliphatic carbocycles. The van der Waals surface area contributed by atoms with Gasteiger partial charge in [-0.3, -0.25) is 4.90 Å². The van der Waals surface area contributed by atoms with E-state index in [0.29, 0.717) is 0 Å². The van der Waals surface area contributed by atoms with Crippen LogP contribution in [0.15, 0.2) is 16.2 Å². The number of halogens is 1. The molecular formula is C15H19BrN4S. The molecule has 0 saturated heterocycles. The molecular weight excluding hydrogens is 348 g/mol. The number of hydrogen-bond acceptors (Lipinski definition) is 5. The van der Waals surface area contributed by atoms with Gasteiger partial charge in [-0.25, -0.2) is 15.0 Å². The summed E-state index contributed by atoms with van der Waals surface area (Å²) in [7, 11) is 0. The normalized spacial score (nSPS) is 16.0. The largest absolute Gasteiger partial charge is 0.290 e. The van der Waals surface area contributed by atoms with E-state index in [9.17, 15) is 0 Å². The van der Waals surface area contributed by atoms with Gasteiger partial charge in [-0.15, -0.1) is 11.3 Å². The Morgan fingerprint density at radius 1 is 1.33 bits per heavy atom. The first-order valence-corrected chi connectivity index (χ1v) is 8.76. The SMILES string of the molecule is CC(C)(C)c1ncc2c(n1)CN(Cc1nc(Br)cs1)CC2. The second-order valence-corrected chi connectivity index (χ2v) is 8.20. The van der Waals surface area contributed by atoms with Gasteiger partial charge < -0.3 is 0 Å². The Bertz CT molecular complexity index is 647. The average Bonchev–Trinajstić information content (AvgIpc) is 2.82. The van der Waals surface area contributed by atoms with Crippen molar-refractivity contribution >= 4 is 27.3 Å². The minimum atomic E-state index is -0.00250. The maximum Gasteiger partial charge on any atom is 0.133 e. The van der Waals surface area contributed by atoms with Crippen LogP contribution in [0.1, 0.15) is 42.9 Å². The van der Waals surface area contributed by atoms with E-state index in [4.69, 9.17) is 4.98 Å². The highest BCUT2D eigenvalue weighted by atomic mass is 79.9. The Morgan fingerprint density at radius 3 is 2.81 bits per heavy atom. The van der Waals surface area contributed by atoms with Gasteiger partial charge in [0.25, 0.3) is 0 Å². The molecule has 0 bridgehead atoms. The Kier molecular flexibility index (Phi) is 4.12. The highest BCUT2D eigenvalue weighted by molar-refractivity contribution is 9.10. The second kappa shape index (κ2) is 5.74. The molecule has 0 aromatic carbocycles. The molecule has 0 fully saturated rings. The van der Waals surface area contributed by atoms with E-state index in [1.165, 1.54) is 11.3 Å². The molecule has 6 heteroatoms. The lowest BCUT2D eigenvalue weighted by atomic mass is 9.95. The second-order valence-electron chi connectivity index (χ2n) is 6.44. The van der Waals surface area contributed by atoms with Gasteiger partial charge in [0.05, 0.1) is 12.2 Å². The minimum Gasteiger partial charge on any atom is -0.290 e. The Labute approximate surface area is 137 Å². The van der Waals surface area contributed by atoms with Crippen molar-refractivity contribution in [1.29, 1.82) is 0 Å². The van der Waals surface area contributed by atoms with E-state index in [2.05, 4.69) is 51.6 Å². The van der Waals surface area contributed by atoms with Crippen LogP contribution < -0.4 is 0 Å². The number of nitrogens with zero attached hydrogens (tertiary/aromatic N) is 4. The first-order chi connectivity index (χ1) is 9.91. The summed E-state index contributed by atoms with van der Waals surface area (Å²) in [5.74, 6) is 0.931. The van der Waals surface area contributed by atoms with Crippen molar-refractivity contribution in [3.8, 4) is 0 Å². The third kappa shape index (κ3) is 3.49. The van der Waals surface area contributed by atoms with Gasteiger partial charge in [0, 0.05) is 30.1 Å². The van der Waals surface area contributed by atoms with E-state index in [1.54, 1.807) is 11.3 Å². The zero-order chi connectivity index (χ0) is 15.0. The zero-order valence-electron chi connectivity index (χ0n) is 12.6. The molecule has 21 heavy (non-hydrogen) atoms. The van der Waals surface area contributed by atoms with E-state index in [0.717, 1.165) is 41.5 Å². The number of thiazole rings is 1. The lowest BCUT2D eigenvalue weighted by Gasteiger charge is -2.28. The highest BCUT2D eigenvalue weighted by Crippen LogP contribution is 2.24. The Morgan fingerprint density at radius 2 is 2.14 bits per heavy atom. The summed E-state index contributed by atoms with van der Waals surface area (Å²) in [5, 5.41) is 3.18. The van der Waals surface area contributed by atoms with Crippen LogP contribution in [0.4, 0.5) is 0 Å². The van der Waals surface area contributed by atoms with Crippen molar-refractivity contribution in [3.63, 3.8) is 0 Å². The molecule has 0 N–H and O–H groups in total. The summed E-state index contributed by atoms with van der Waals surface area (Å²) in [5.41, 5.74) is 2.47. The van der Waals surface area contributed by atoms with Crippen LogP contribution in [0.25, 0.3) is 0 Å². The quantitative estimate of drug-likeness (QED) is 0.814. The Balaban J connectivity index is 1.77. The van der Waals surface area contributed by atoms with E-state index < -0.39 is 0 Å². The van der Waals surface area contributed by atoms with Gasteiger partial charge >= 0.3 is 0 Å². The first-order valence-electron chi connectivity index (χ1n) is 7.09. The lowest BCUT2D eigenvalue weighted by molar-refractivity contribution is 0.239. The molecule has 112 valence electrons. The fraction of sp³-hybridized carbons (Fsp3) is 0.533. The van der Waals surface area contributed by atoms with Crippen molar-refractivity contribution in [1.82, 2.24) is 19.9 Å². The molecule has 0 spiro atoms. The van der Waals surface area contributed by atoms with Crippen molar-refractivity contribution in [2.24, 2.45) is 0 Å². The molecule has 0 atom stereocenters. The number of aromatic nitrogens is 3. The predicted molar refractivity (Wildman–Crippen MR) is 88.4 cm³/mol. The van der Waals surface area contributed by atoms with Crippen LogP contribution in [0.3, 0.4) is 0 Å². The molecule has 2 aromatic rings. The van der Waals surface area contributed by atoms with Crippen molar-refractivity contribution in [3.05, 3.63) is 38.3 Å². The van der Waals surface area contributed by atoms with Crippen LogP contribution in [0.5, 0.6) is 0 Å². The number of hydrogen-bond donors (Lipinski definition) is 0. The molecule has 0 saturated carbocycles. The molecule has 2 aromatic heterocycles. The highest BCUT2D eigenvalue weighted by Gasteiger charge is 2.23. The molecule has 4 nitrogen and oxygen atoms in total. The molecule has 0 unspecified atom stereocenters. The van der Waals surface area contributed by atoms with Crippen molar-refractivity contribution in [2.75, 3.05) is 6.54 Å². The molecule has 1 aliphatic rings. The zero-order valence-corrected chi connectivity index (χ0v) is 15.0. The van der Waals surface area contributed by atoms with Gasteiger partial charge in [0.2, 0.25) is 0 Å². The molecule has 1 aliphatic heterocycles. The summed E-state index contributed by atoms with van der Waals surface area (Å²) in [6.45, 7) is 9.29. The smallest absolute Gasteiger partial charge is 0.133 e. The van der Waals surface area contributed by atoms with Crippen molar-refractivity contribution in [2.45, 2.75) is 45.7 Å². The summed E-state index contributed by atoms with van der Waals surface area (Å²) in [6.07, 6.45) is 3.03. The van der Waals surface area contributed by atoms with Crippen LogP contribution in [-0.4, -0.2) is 26.4 Å². The molecule has 3 rings (SSSR count). The first kappa shape index (κ1) is 15.1. The van der Waals surface area contributed by atoms with Gasteiger partial charge in [-0.05, 0) is 27.9 Å².